The van der Waals surface area contributed by atoms with Crippen LogP contribution >= 0.6 is 0 Å². The summed E-state index contributed by atoms with van der Waals surface area (Å²) in [5.74, 6) is 1.30. The molecule has 1 aliphatic heterocycles. The van der Waals surface area contributed by atoms with Crippen molar-refractivity contribution in [2.45, 2.75) is 6.54 Å². The third-order valence-electron chi connectivity index (χ3n) is 5.22. The zero-order chi connectivity index (χ0) is 22.2. The van der Waals surface area contributed by atoms with E-state index in [1.807, 2.05) is 24.3 Å². The van der Waals surface area contributed by atoms with E-state index in [-0.39, 0.29) is 12.5 Å². The molecule has 4 N–H and O–H groups in total. The van der Waals surface area contributed by atoms with Crippen LogP contribution in [0, 0.1) is 0 Å². The van der Waals surface area contributed by atoms with Crippen LogP contribution in [-0.2, 0) is 11.3 Å². The highest BCUT2D eigenvalue weighted by atomic mass is 16.5. The van der Waals surface area contributed by atoms with Crippen molar-refractivity contribution in [1.82, 2.24) is 20.3 Å². The van der Waals surface area contributed by atoms with Gasteiger partial charge in [-0.3, -0.25) is 20.5 Å². The Kier molecular flexibility index (Phi) is 6.98. The summed E-state index contributed by atoms with van der Waals surface area (Å²) in [4.78, 5) is 25.2. The summed E-state index contributed by atoms with van der Waals surface area (Å²) >= 11 is 0. The van der Waals surface area contributed by atoms with Crippen molar-refractivity contribution in [2.75, 3.05) is 48.8 Å². The molecule has 0 saturated carbocycles. The van der Waals surface area contributed by atoms with Crippen molar-refractivity contribution in [3.8, 4) is 5.75 Å². The molecule has 9 nitrogen and oxygen atoms in total. The highest BCUT2D eigenvalue weighted by Gasteiger charge is 2.21. The van der Waals surface area contributed by atoms with E-state index < -0.39 is 0 Å². The molecule has 1 amide bonds. The second kappa shape index (κ2) is 10.5. The number of hydrogen-bond donors (Lipinski definition) is 3. The van der Waals surface area contributed by atoms with Crippen LogP contribution in [0.25, 0.3) is 0 Å². The van der Waals surface area contributed by atoms with Crippen LogP contribution < -0.4 is 26.2 Å². The van der Waals surface area contributed by atoms with E-state index in [0.717, 1.165) is 32.7 Å². The van der Waals surface area contributed by atoms with E-state index in [4.69, 9.17) is 10.5 Å². The summed E-state index contributed by atoms with van der Waals surface area (Å²) < 4.78 is 5.43. The summed E-state index contributed by atoms with van der Waals surface area (Å²) in [7, 11) is 0. The first kappa shape index (κ1) is 21.4. The molecular weight excluding hydrogens is 406 g/mol. The summed E-state index contributed by atoms with van der Waals surface area (Å²) in [5.41, 5.74) is 13.3. The van der Waals surface area contributed by atoms with Crippen molar-refractivity contribution in [1.29, 1.82) is 0 Å². The van der Waals surface area contributed by atoms with Crippen molar-refractivity contribution in [2.24, 2.45) is 0 Å². The maximum absolute atomic E-state index is 12.1. The lowest BCUT2D eigenvalue weighted by molar-refractivity contribution is -0.122. The van der Waals surface area contributed by atoms with Gasteiger partial charge in [0.2, 0.25) is 0 Å². The topological polar surface area (TPSA) is 109 Å². The molecular formula is C23H27N7O2. The van der Waals surface area contributed by atoms with Crippen molar-refractivity contribution < 1.29 is 9.53 Å². The van der Waals surface area contributed by atoms with Gasteiger partial charge in [0.15, 0.2) is 18.2 Å². The van der Waals surface area contributed by atoms with Gasteiger partial charge in [-0.15, -0.1) is 0 Å². The number of nitrogens with two attached hydrogens (primary N) is 1. The number of aromatic nitrogens is 2. The Bertz CT molecular complexity index is 1010. The molecule has 0 aliphatic carbocycles. The molecule has 2 heterocycles. The minimum Gasteiger partial charge on any atom is -0.484 e. The van der Waals surface area contributed by atoms with Gasteiger partial charge in [0.25, 0.3) is 5.91 Å². The van der Waals surface area contributed by atoms with Gasteiger partial charge in [0.05, 0.1) is 0 Å². The Morgan fingerprint density at radius 2 is 1.66 bits per heavy atom. The van der Waals surface area contributed by atoms with Gasteiger partial charge in [0.1, 0.15) is 17.8 Å². The van der Waals surface area contributed by atoms with Crippen LogP contribution in [0.4, 0.5) is 17.3 Å². The molecule has 4 rings (SSSR count). The lowest BCUT2D eigenvalue weighted by atomic mass is 10.2. The molecule has 0 bridgehead atoms. The Morgan fingerprint density at radius 3 is 2.38 bits per heavy atom. The zero-order valence-electron chi connectivity index (χ0n) is 17.8. The number of nitrogen functional groups attached to an aromatic ring is 1. The van der Waals surface area contributed by atoms with Crippen LogP contribution in [0.3, 0.4) is 0 Å². The molecule has 2 aromatic carbocycles. The van der Waals surface area contributed by atoms with Gasteiger partial charge >= 0.3 is 0 Å². The Morgan fingerprint density at radius 1 is 0.969 bits per heavy atom. The number of anilines is 3. The number of piperazine rings is 1. The number of hydrazine groups is 1. The molecule has 0 atom stereocenters. The Balaban J connectivity index is 1.28. The highest BCUT2D eigenvalue weighted by Crippen LogP contribution is 2.26. The smallest absolute Gasteiger partial charge is 0.276 e. The van der Waals surface area contributed by atoms with Crippen LogP contribution in [-0.4, -0.2) is 53.6 Å². The Hall–Kier alpha value is -3.85. The third kappa shape index (κ3) is 5.64. The number of hydrogen-bond acceptors (Lipinski definition) is 8. The first-order chi connectivity index (χ1) is 15.7. The SMILES string of the molecule is Nc1c(NNC(=O)COc2ccccc2)ncnc1N1CCN(Cc2ccccc2)CC1. The van der Waals surface area contributed by atoms with Crippen LogP contribution in [0.5, 0.6) is 5.75 Å². The average Bonchev–Trinajstić information content (AvgIpc) is 2.84. The molecule has 32 heavy (non-hydrogen) atoms. The predicted molar refractivity (Wildman–Crippen MR) is 124 cm³/mol. The van der Waals surface area contributed by atoms with Gasteiger partial charge in [-0.25, -0.2) is 9.97 Å². The second-order valence-electron chi connectivity index (χ2n) is 7.48. The fourth-order valence-electron chi connectivity index (χ4n) is 3.53. The van der Waals surface area contributed by atoms with E-state index in [1.165, 1.54) is 11.9 Å². The normalized spacial score (nSPS) is 14.1. The highest BCUT2D eigenvalue weighted by molar-refractivity contribution is 5.81. The fraction of sp³-hybridized carbons (Fsp3) is 0.261. The van der Waals surface area contributed by atoms with Gasteiger partial charge in [0, 0.05) is 32.7 Å². The van der Waals surface area contributed by atoms with E-state index in [2.05, 4.69) is 54.9 Å². The maximum Gasteiger partial charge on any atom is 0.276 e. The van der Waals surface area contributed by atoms with Crippen molar-refractivity contribution in [3.05, 3.63) is 72.6 Å². The molecule has 1 fully saturated rings. The standard InChI is InChI=1S/C23H27N7O2/c24-21-22(28-27-20(31)16-32-19-9-5-2-6-10-19)25-17-26-23(21)30-13-11-29(12-14-30)15-18-7-3-1-4-8-18/h1-10,17H,11-16,24H2,(H,27,31)(H,25,26,28). The molecule has 1 saturated heterocycles. The van der Waals surface area contributed by atoms with Crippen LogP contribution in [0.2, 0.25) is 0 Å². The molecule has 166 valence electrons. The number of carbonyl (C=O) groups is 1. The quantitative estimate of drug-likeness (QED) is 0.462. The van der Waals surface area contributed by atoms with Gasteiger partial charge < -0.3 is 15.4 Å². The average molecular weight is 434 g/mol. The zero-order valence-corrected chi connectivity index (χ0v) is 17.8. The summed E-state index contributed by atoms with van der Waals surface area (Å²) in [6.45, 7) is 4.24. The fourth-order valence-corrected chi connectivity index (χ4v) is 3.53. The largest absolute Gasteiger partial charge is 0.484 e. The monoisotopic (exact) mass is 433 g/mol. The number of amides is 1. The number of para-hydroxylation sites is 1. The van der Waals surface area contributed by atoms with E-state index in [0.29, 0.717) is 23.1 Å². The van der Waals surface area contributed by atoms with Gasteiger partial charge in [-0.05, 0) is 17.7 Å². The van der Waals surface area contributed by atoms with Crippen molar-refractivity contribution >= 4 is 23.2 Å². The van der Waals surface area contributed by atoms with E-state index in [9.17, 15) is 4.79 Å². The summed E-state index contributed by atoms with van der Waals surface area (Å²) in [6, 6.07) is 19.6. The van der Waals surface area contributed by atoms with Crippen LogP contribution in [0.1, 0.15) is 5.56 Å². The molecule has 0 unspecified atom stereocenters. The van der Waals surface area contributed by atoms with Crippen LogP contribution in [0.15, 0.2) is 67.0 Å². The minimum absolute atomic E-state index is 0.127. The van der Waals surface area contributed by atoms with Gasteiger partial charge in [-0.1, -0.05) is 48.5 Å². The molecule has 1 aromatic heterocycles. The maximum atomic E-state index is 12.1. The molecule has 9 heteroatoms. The molecule has 0 spiro atoms. The number of rotatable bonds is 8. The summed E-state index contributed by atoms with van der Waals surface area (Å²) in [6.07, 6.45) is 1.44. The predicted octanol–water partition coefficient (Wildman–Crippen LogP) is 1.90. The first-order valence-electron chi connectivity index (χ1n) is 10.5. The lowest BCUT2D eigenvalue weighted by Crippen LogP contribution is -2.46. The van der Waals surface area contributed by atoms with Gasteiger partial charge in [-0.2, -0.15) is 0 Å². The molecule has 1 aliphatic rings. The number of nitrogens with zero attached hydrogens (tertiary/aromatic N) is 4. The first-order valence-corrected chi connectivity index (χ1v) is 10.5. The third-order valence-corrected chi connectivity index (χ3v) is 5.22. The summed E-state index contributed by atoms with van der Waals surface area (Å²) in [5, 5.41) is 0. The molecule has 0 radical (unpaired) electrons. The minimum atomic E-state index is -0.344. The van der Waals surface area contributed by atoms with E-state index in [1.54, 1.807) is 12.1 Å². The lowest BCUT2D eigenvalue weighted by Gasteiger charge is -2.36. The number of ether oxygens (including phenoxy) is 1. The number of benzene rings is 2. The molecule has 3 aromatic rings. The number of nitrogens with one attached hydrogen (secondary N) is 2. The van der Waals surface area contributed by atoms with E-state index >= 15 is 0 Å². The number of carbonyl (C=O) groups excluding carboxylic acids is 1. The second-order valence-corrected chi connectivity index (χ2v) is 7.48. The van der Waals surface area contributed by atoms with Crippen molar-refractivity contribution in [3.63, 3.8) is 0 Å². The Labute approximate surface area is 187 Å².